The molecule has 0 aliphatic rings. The summed E-state index contributed by atoms with van der Waals surface area (Å²) in [5.41, 5.74) is 1.02. The van der Waals surface area contributed by atoms with Crippen LogP contribution in [0.3, 0.4) is 0 Å². The van der Waals surface area contributed by atoms with Crippen molar-refractivity contribution in [2.24, 2.45) is 0 Å². The molecule has 1 aromatic carbocycles. The highest BCUT2D eigenvalue weighted by Crippen LogP contribution is 2.20. The van der Waals surface area contributed by atoms with Crippen LogP contribution in [0.25, 0.3) is 0 Å². The summed E-state index contributed by atoms with van der Waals surface area (Å²) in [6, 6.07) is 5.38. The SMILES string of the molecule is CCCOC(=S)Nc1ccc(I)cc1C(=O)OC. The molecule has 0 atom stereocenters. The van der Waals surface area contributed by atoms with E-state index in [2.05, 4.69) is 27.9 Å². The number of nitrogens with one attached hydrogen (secondary N) is 1. The Morgan fingerprint density at radius 3 is 2.83 bits per heavy atom. The van der Waals surface area contributed by atoms with Gasteiger partial charge in [0.05, 0.1) is 25.0 Å². The van der Waals surface area contributed by atoms with Gasteiger partial charge in [-0.05, 0) is 59.4 Å². The average molecular weight is 379 g/mol. The Balaban J connectivity index is 2.87. The lowest BCUT2D eigenvalue weighted by atomic mass is 10.2. The molecule has 4 nitrogen and oxygen atoms in total. The van der Waals surface area contributed by atoms with Gasteiger partial charge in [-0.2, -0.15) is 0 Å². The fourth-order valence-corrected chi connectivity index (χ4v) is 1.93. The van der Waals surface area contributed by atoms with Crippen molar-refractivity contribution in [2.45, 2.75) is 13.3 Å². The monoisotopic (exact) mass is 379 g/mol. The molecule has 0 unspecified atom stereocenters. The zero-order valence-electron chi connectivity index (χ0n) is 10.2. The van der Waals surface area contributed by atoms with E-state index in [-0.39, 0.29) is 5.17 Å². The van der Waals surface area contributed by atoms with Crippen LogP contribution >= 0.6 is 34.8 Å². The maximum Gasteiger partial charge on any atom is 0.340 e. The summed E-state index contributed by atoms with van der Waals surface area (Å²) < 4.78 is 10.9. The molecule has 0 aromatic heterocycles. The van der Waals surface area contributed by atoms with Gasteiger partial charge in [0.2, 0.25) is 0 Å². The lowest BCUT2D eigenvalue weighted by molar-refractivity contribution is 0.0602. The predicted octanol–water partition coefficient (Wildman–Crippen LogP) is 3.20. The highest BCUT2D eigenvalue weighted by molar-refractivity contribution is 14.1. The first kappa shape index (κ1) is 15.2. The number of thiocarbonyl (C=S) groups is 1. The molecule has 98 valence electrons. The Kier molecular flexibility index (Phi) is 6.34. The maximum atomic E-state index is 11.6. The number of esters is 1. The van der Waals surface area contributed by atoms with Crippen LogP contribution in [0.2, 0.25) is 0 Å². The number of anilines is 1. The van der Waals surface area contributed by atoms with Gasteiger partial charge < -0.3 is 14.8 Å². The molecule has 0 heterocycles. The van der Waals surface area contributed by atoms with Crippen LogP contribution in [0, 0.1) is 3.57 Å². The van der Waals surface area contributed by atoms with Gasteiger partial charge in [-0.3, -0.25) is 0 Å². The quantitative estimate of drug-likeness (QED) is 0.495. The van der Waals surface area contributed by atoms with Gasteiger partial charge in [0, 0.05) is 3.57 Å². The molecule has 0 bridgehead atoms. The second kappa shape index (κ2) is 7.52. The van der Waals surface area contributed by atoms with E-state index in [1.807, 2.05) is 13.0 Å². The Labute approximate surface area is 125 Å². The summed E-state index contributed by atoms with van der Waals surface area (Å²) in [5.74, 6) is -0.408. The van der Waals surface area contributed by atoms with Gasteiger partial charge in [-0.1, -0.05) is 6.92 Å². The van der Waals surface area contributed by atoms with E-state index in [0.717, 1.165) is 9.99 Å². The average Bonchev–Trinajstić information content (AvgIpc) is 2.37. The number of ether oxygens (including phenoxy) is 2. The zero-order valence-corrected chi connectivity index (χ0v) is 13.1. The van der Waals surface area contributed by atoms with Crippen molar-refractivity contribution in [1.82, 2.24) is 0 Å². The lowest BCUT2D eigenvalue weighted by Gasteiger charge is -2.12. The molecule has 6 heteroatoms. The molecule has 0 saturated carbocycles. The molecule has 1 aromatic rings. The van der Waals surface area contributed by atoms with Crippen molar-refractivity contribution < 1.29 is 14.3 Å². The van der Waals surface area contributed by atoms with E-state index in [9.17, 15) is 4.79 Å². The van der Waals surface area contributed by atoms with Gasteiger partial charge in [0.15, 0.2) is 0 Å². The largest absolute Gasteiger partial charge is 0.471 e. The standard InChI is InChI=1S/C12H14INO3S/c1-3-6-17-12(18)14-10-5-4-8(13)7-9(10)11(15)16-2/h4-5,7H,3,6H2,1-2H3,(H,14,18). The molecule has 0 aliphatic carbocycles. The zero-order chi connectivity index (χ0) is 13.5. The third-order valence-electron chi connectivity index (χ3n) is 2.06. The molecule has 0 fully saturated rings. The molecular weight excluding hydrogens is 365 g/mol. The topological polar surface area (TPSA) is 47.6 Å². The number of hydrogen-bond acceptors (Lipinski definition) is 4. The number of halogens is 1. The van der Waals surface area contributed by atoms with Crippen molar-refractivity contribution >= 4 is 51.6 Å². The first-order valence-corrected chi connectivity index (χ1v) is 6.88. The number of methoxy groups -OCH3 is 1. The van der Waals surface area contributed by atoms with E-state index < -0.39 is 5.97 Å². The number of rotatable bonds is 4. The van der Waals surface area contributed by atoms with E-state index in [4.69, 9.17) is 21.7 Å². The summed E-state index contributed by atoms with van der Waals surface area (Å²) in [6.07, 6.45) is 0.873. The molecule has 0 radical (unpaired) electrons. The Hall–Kier alpha value is -0.890. The summed E-state index contributed by atoms with van der Waals surface area (Å²) in [5, 5.41) is 3.15. The van der Waals surface area contributed by atoms with Gasteiger partial charge in [-0.25, -0.2) is 4.79 Å². The Morgan fingerprint density at radius 2 is 2.22 bits per heavy atom. The molecule has 0 saturated heterocycles. The van der Waals surface area contributed by atoms with E-state index in [0.29, 0.717) is 17.9 Å². The molecule has 1 N–H and O–H groups in total. The number of hydrogen-bond donors (Lipinski definition) is 1. The highest BCUT2D eigenvalue weighted by Gasteiger charge is 2.13. The summed E-state index contributed by atoms with van der Waals surface area (Å²) in [6.45, 7) is 2.54. The highest BCUT2D eigenvalue weighted by atomic mass is 127. The van der Waals surface area contributed by atoms with Crippen molar-refractivity contribution in [3.63, 3.8) is 0 Å². The van der Waals surface area contributed by atoms with Crippen LogP contribution in [0.5, 0.6) is 0 Å². The minimum Gasteiger partial charge on any atom is -0.471 e. The van der Waals surface area contributed by atoms with Gasteiger partial charge in [-0.15, -0.1) is 0 Å². The van der Waals surface area contributed by atoms with Crippen LogP contribution in [-0.2, 0) is 9.47 Å². The van der Waals surface area contributed by atoms with Crippen molar-refractivity contribution in [3.8, 4) is 0 Å². The first-order valence-electron chi connectivity index (χ1n) is 5.40. The van der Waals surface area contributed by atoms with Crippen molar-refractivity contribution in [1.29, 1.82) is 0 Å². The summed E-state index contributed by atoms with van der Waals surface area (Å²) in [4.78, 5) is 11.6. The molecule has 0 amide bonds. The number of benzene rings is 1. The third-order valence-corrected chi connectivity index (χ3v) is 2.95. The molecular formula is C12H14INO3S. The second-order valence-corrected chi connectivity index (χ2v) is 5.06. The van der Waals surface area contributed by atoms with E-state index >= 15 is 0 Å². The van der Waals surface area contributed by atoms with E-state index in [1.54, 1.807) is 12.1 Å². The smallest absolute Gasteiger partial charge is 0.340 e. The molecule has 1 rings (SSSR count). The Morgan fingerprint density at radius 1 is 1.50 bits per heavy atom. The maximum absolute atomic E-state index is 11.6. The van der Waals surface area contributed by atoms with Crippen LogP contribution in [0.15, 0.2) is 18.2 Å². The first-order chi connectivity index (χ1) is 8.58. The predicted molar refractivity (Wildman–Crippen MR) is 83.0 cm³/mol. The third kappa shape index (κ3) is 4.41. The fourth-order valence-electron chi connectivity index (χ4n) is 1.25. The number of carbonyl (C=O) groups excluding carboxylic acids is 1. The van der Waals surface area contributed by atoms with Gasteiger partial charge >= 0.3 is 5.97 Å². The van der Waals surface area contributed by atoms with Crippen LogP contribution in [0.4, 0.5) is 5.69 Å². The summed E-state index contributed by atoms with van der Waals surface area (Å²) >= 11 is 7.16. The molecule has 0 spiro atoms. The minimum absolute atomic E-state index is 0.253. The van der Waals surface area contributed by atoms with E-state index in [1.165, 1.54) is 7.11 Å². The summed E-state index contributed by atoms with van der Waals surface area (Å²) in [7, 11) is 1.35. The van der Waals surface area contributed by atoms with Crippen molar-refractivity contribution in [3.05, 3.63) is 27.3 Å². The minimum atomic E-state index is -0.408. The van der Waals surface area contributed by atoms with Crippen LogP contribution in [-0.4, -0.2) is 24.9 Å². The molecule has 18 heavy (non-hydrogen) atoms. The fraction of sp³-hybridized carbons (Fsp3) is 0.333. The van der Waals surface area contributed by atoms with Crippen LogP contribution < -0.4 is 5.32 Å². The number of carbonyl (C=O) groups is 1. The van der Waals surface area contributed by atoms with Gasteiger partial charge in [0.25, 0.3) is 5.17 Å². The van der Waals surface area contributed by atoms with Gasteiger partial charge in [0.1, 0.15) is 0 Å². The van der Waals surface area contributed by atoms with Crippen molar-refractivity contribution in [2.75, 3.05) is 19.0 Å². The normalized spacial score (nSPS) is 9.72. The van der Waals surface area contributed by atoms with Crippen LogP contribution in [0.1, 0.15) is 23.7 Å². The second-order valence-electron chi connectivity index (χ2n) is 3.44. The Bertz CT molecular complexity index is 451. The molecule has 0 aliphatic heterocycles. The lowest BCUT2D eigenvalue weighted by Crippen LogP contribution is -2.16.